The van der Waals surface area contributed by atoms with Crippen LogP contribution >= 0.6 is 0 Å². The number of nitrogens with zero attached hydrogens (tertiary/aromatic N) is 2. The maximum absolute atomic E-state index is 5.24. The van der Waals surface area contributed by atoms with Gasteiger partial charge < -0.3 is 0 Å². The highest BCUT2D eigenvalue weighted by molar-refractivity contribution is 5.43. The van der Waals surface area contributed by atoms with E-state index in [2.05, 4.69) is 23.0 Å². The van der Waals surface area contributed by atoms with Crippen LogP contribution in [0.4, 0.5) is 5.82 Å². The van der Waals surface area contributed by atoms with E-state index in [1.54, 1.807) is 10.9 Å². The Morgan fingerprint density at radius 1 is 1.75 bits per heavy atom. The van der Waals surface area contributed by atoms with Crippen LogP contribution < -0.4 is 5.43 Å². The van der Waals surface area contributed by atoms with Crippen LogP contribution in [-0.4, -0.2) is 16.4 Å². The molecule has 0 aromatic carbocycles. The molecule has 12 heavy (non-hydrogen) atoms. The zero-order valence-electron chi connectivity index (χ0n) is 6.54. The highest BCUT2D eigenvalue weighted by Gasteiger charge is 2.22. The van der Waals surface area contributed by atoms with Crippen LogP contribution in [0.3, 0.4) is 0 Å². The molecule has 1 aromatic rings. The minimum atomic E-state index is 0.751. The molecule has 2 rings (SSSR count). The summed E-state index contributed by atoms with van der Waals surface area (Å²) in [5.41, 5.74) is 4.94. The highest BCUT2D eigenvalue weighted by Crippen LogP contribution is 2.19. The van der Waals surface area contributed by atoms with E-state index in [1.807, 2.05) is 6.07 Å². The van der Waals surface area contributed by atoms with Crippen LogP contribution in [0.25, 0.3) is 0 Å². The summed E-state index contributed by atoms with van der Waals surface area (Å²) in [5, 5.41) is 0. The topological polar surface area (TPSA) is 27.9 Å². The summed E-state index contributed by atoms with van der Waals surface area (Å²) in [4.78, 5) is 4.17. The van der Waals surface area contributed by atoms with Crippen molar-refractivity contribution in [3.63, 3.8) is 0 Å². The third kappa shape index (κ3) is 0.857. The average Bonchev–Trinajstić information content (AvgIpc) is 2.47. The van der Waals surface area contributed by atoms with Gasteiger partial charge in [0.2, 0.25) is 0 Å². The maximum Gasteiger partial charge on any atom is 0.350 e. The molecule has 0 atom stereocenters. The Bertz CT molecular complexity index is 387. The molecule has 1 N–H and O–H groups in total. The molecule has 0 saturated carbocycles. The first-order valence-electron chi connectivity index (χ1n) is 3.61. The van der Waals surface area contributed by atoms with E-state index in [9.17, 15) is 0 Å². The first-order valence-corrected chi connectivity index (χ1v) is 3.61. The average molecular weight is 158 g/mol. The number of terminal acetylenes is 1. The van der Waals surface area contributed by atoms with E-state index in [1.165, 1.54) is 0 Å². The number of hydrazone groups is 1. The zero-order valence-corrected chi connectivity index (χ0v) is 6.54. The van der Waals surface area contributed by atoms with Crippen molar-refractivity contribution >= 4 is 12.5 Å². The van der Waals surface area contributed by atoms with Gasteiger partial charge in [-0.05, 0) is 11.1 Å². The zero-order chi connectivity index (χ0) is 8.55. The van der Waals surface area contributed by atoms with Crippen molar-refractivity contribution in [2.45, 2.75) is 6.54 Å². The molecule has 3 heteroatoms. The number of fused-ring (bicyclic) bond motifs is 1. The molecule has 0 unspecified atom stereocenters. The van der Waals surface area contributed by atoms with Crippen molar-refractivity contribution in [3.8, 4) is 12.3 Å². The number of hydrogen-bond acceptors (Lipinski definition) is 2. The predicted octanol–water partition coefficient (Wildman–Crippen LogP) is 0.426. The fourth-order valence-electron chi connectivity index (χ4n) is 1.21. The van der Waals surface area contributed by atoms with Crippen LogP contribution in [0.5, 0.6) is 0 Å². The minimum Gasteiger partial charge on any atom is -0.252 e. The molecule has 2 heterocycles. The molecular formula is C9H8N3+. The third-order valence-electron chi connectivity index (χ3n) is 1.83. The van der Waals surface area contributed by atoms with Crippen molar-refractivity contribution in [2.24, 2.45) is 0 Å². The second-order valence-corrected chi connectivity index (χ2v) is 2.61. The van der Waals surface area contributed by atoms with Gasteiger partial charge in [0.25, 0.3) is 0 Å². The van der Waals surface area contributed by atoms with Crippen molar-refractivity contribution in [2.75, 3.05) is 0 Å². The lowest BCUT2D eigenvalue weighted by atomic mass is 10.2. The lowest BCUT2D eigenvalue weighted by Crippen LogP contribution is -2.14. The van der Waals surface area contributed by atoms with E-state index in [-0.39, 0.29) is 0 Å². The quantitative estimate of drug-likeness (QED) is 0.438. The maximum atomic E-state index is 5.24. The first-order chi connectivity index (χ1) is 5.81. The van der Waals surface area contributed by atoms with E-state index >= 15 is 0 Å². The normalized spacial score (nSPS) is 13.4. The number of rotatable bonds is 0. The standard InChI is InChI=1S/C9H8N3/c1-3-7-4-8-6-11-12(2)9(8)10-5-7/h1,4-5,11H,2,6H2/q+1. The van der Waals surface area contributed by atoms with Gasteiger partial charge in [-0.3, -0.25) is 5.43 Å². The van der Waals surface area contributed by atoms with Crippen LogP contribution in [0.15, 0.2) is 12.3 Å². The van der Waals surface area contributed by atoms with E-state index < -0.39 is 0 Å². The molecule has 1 aromatic heterocycles. The van der Waals surface area contributed by atoms with Gasteiger partial charge in [0.05, 0.1) is 24.4 Å². The molecule has 0 saturated heterocycles. The minimum absolute atomic E-state index is 0.751. The number of nitrogens with one attached hydrogen (secondary N) is 1. The molecule has 0 radical (unpaired) electrons. The van der Waals surface area contributed by atoms with Crippen LogP contribution in [0.2, 0.25) is 0 Å². The fraction of sp³-hybridized carbons (Fsp3) is 0.111. The molecule has 0 bridgehead atoms. The van der Waals surface area contributed by atoms with Crippen LogP contribution in [0.1, 0.15) is 11.1 Å². The van der Waals surface area contributed by atoms with Crippen molar-refractivity contribution in [3.05, 3.63) is 23.4 Å². The Hall–Kier alpha value is -1.82. The molecule has 0 aliphatic carbocycles. The molecule has 1 aliphatic rings. The number of hydrazine groups is 1. The summed E-state index contributed by atoms with van der Waals surface area (Å²) in [7, 11) is 0. The summed E-state index contributed by atoms with van der Waals surface area (Å²) in [6.07, 6.45) is 6.91. The van der Waals surface area contributed by atoms with E-state index in [0.717, 1.165) is 23.5 Å². The lowest BCUT2D eigenvalue weighted by molar-refractivity contribution is -0.493. The van der Waals surface area contributed by atoms with Crippen molar-refractivity contribution < 1.29 is 4.68 Å². The number of aromatic nitrogens is 1. The first kappa shape index (κ1) is 6.86. The smallest absolute Gasteiger partial charge is 0.252 e. The Kier molecular flexibility index (Phi) is 1.34. The van der Waals surface area contributed by atoms with Gasteiger partial charge in [0.1, 0.15) is 0 Å². The monoisotopic (exact) mass is 158 g/mol. The highest BCUT2D eigenvalue weighted by atomic mass is 15.5. The Morgan fingerprint density at radius 3 is 3.33 bits per heavy atom. The van der Waals surface area contributed by atoms with Crippen LogP contribution in [0, 0.1) is 12.3 Å². The number of pyridine rings is 1. The van der Waals surface area contributed by atoms with Gasteiger partial charge in [0.15, 0.2) is 6.20 Å². The summed E-state index contributed by atoms with van der Waals surface area (Å²) in [5.74, 6) is 3.40. The van der Waals surface area contributed by atoms with Gasteiger partial charge >= 0.3 is 5.82 Å². The lowest BCUT2D eigenvalue weighted by Gasteiger charge is -1.89. The van der Waals surface area contributed by atoms with Gasteiger partial charge in [-0.1, -0.05) is 5.92 Å². The summed E-state index contributed by atoms with van der Waals surface area (Å²) < 4.78 is 1.65. The molecule has 1 aliphatic heterocycles. The molecule has 0 fully saturated rings. The van der Waals surface area contributed by atoms with Crippen LogP contribution in [-0.2, 0) is 6.54 Å². The van der Waals surface area contributed by atoms with Gasteiger partial charge in [-0.25, -0.2) is 0 Å². The predicted molar refractivity (Wildman–Crippen MR) is 46.1 cm³/mol. The third-order valence-corrected chi connectivity index (χ3v) is 1.83. The van der Waals surface area contributed by atoms with Gasteiger partial charge in [-0.15, -0.1) is 11.1 Å². The Morgan fingerprint density at radius 2 is 2.58 bits per heavy atom. The second-order valence-electron chi connectivity index (χ2n) is 2.61. The largest absolute Gasteiger partial charge is 0.350 e. The molecule has 58 valence electrons. The van der Waals surface area contributed by atoms with Gasteiger partial charge in [0, 0.05) is 0 Å². The fourth-order valence-corrected chi connectivity index (χ4v) is 1.21. The second kappa shape index (κ2) is 2.35. The molecule has 3 nitrogen and oxygen atoms in total. The van der Waals surface area contributed by atoms with E-state index in [0.29, 0.717) is 0 Å². The molecular weight excluding hydrogens is 150 g/mol. The SMILES string of the molecule is C#Cc1cnc2c(c1)CN[N+]2=C. The number of hydrogen-bond donors (Lipinski definition) is 1. The van der Waals surface area contributed by atoms with E-state index in [4.69, 9.17) is 6.42 Å². The summed E-state index contributed by atoms with van der Waals surface area (Å²) in [6.45, 7) is 4.49. The van der Waals surface area contributed by atoms with Crippen molar-refractivity contribution in [1.29, 1.82) is 0 Å². The van der Waals surface area contributed by atoms with Gasteiger partial charge in [-0.2, -0.15) is 0 Å². The Labute approximate surface area is 70.7 Å². The summed E-state index contributed by atoms with van der Waals surface area (Å²) in [6, 6.07) is 1.94. The molecule has 0 amide bonds. The molecule has 0 spiro atoms. The summed E-state index contributed by atoms with van der Waals surface area (Å²) >= 11 is 0. The Balaban J connectivity index is 2.57. The van der Waals surface area contributed by atoms with Crippen molar-refractivity contribution in [1.82, 2.24) is 10.4 Å².